The first-order chi connectivity index (χ1) is 16.0. The summed E-state index contributed by atoms with van der Waals surface area (Å²) in [5, 5.41) is 4.63. The van der Waals surface area contributed by atoms with Gasteiger partial charge in [0.1, 0.15) is 5.65 Å². The number of hydrogen-bond acceptors (Lipinski definition) is 3. The van der Waals surface area contributed by atoms with E-state index < -0.39 is 6.04 Å². The number of hydrogen-bond donors (Lipinski definition) is 1. The van der Waals surface area contributed by atoms with E-state index in [1.807, 2.05) is 79.0 Å². The van der Waals surface area contributed by atoms with Crippen LogP contribution in [0.5, 0.6) is 0 Å². The Kier molecular flexibility index (Phi) is 5.23. The Morgan fingerprint density at radius 2 is 1.85 bits per heavy atom. The summed E-state index contributed by atoms with van der Waals surface area (Å²) in [4.78, 5) is 31.3. The Balaban J connectivity index is 1.65. The van der Waals surface area contributed by atoms with Gasteiger partial charge in [0.25, 0.3) is 11.5 Å². The minimum atomic E-state index is -0.469. The van der Waals surface area contributed by atoms with Gasteiger partial charge in [-0.3, -0.25) is 14.2 Å². The van der Waals surface area contributed by atoms with Crippen LogP contribution in [0.1, 0.15) is 34.6 Å². The van der Waals surface area contributed by atoms with Gasteiger partial charge in [-0.1, -0.05) is 41.9 Å². The summed E-state index contributed by atoms with van der Waals surface area (Å²) in [7, 11) is 0. The number of nitrogens with zero attached hydrogens (tertiary/aromatic N) is 3. The van der Waals surface area contributed by atoms with Crippen molar-refractivity contribution in [2.24, 2.45) is 0 Å². The van der Waals surface area contributed by atoms with Crippen molar-refractivity contribution in [3.05, 3.63) is 111 Å². The molecule has 0 bridgehead atoms. The molecule has 164 valence electrons. The Labute approximate surface area is 195 Å². The normalized spacial score (nSPS) is 12.2. The van der Waals surface area contributed by atoms with Crippen LogP contribution in [0.3, 0.4) is 0 Å². The Morgan fingerprint density at radius 1 is 1.06 bits per heavy atom. The minimum absolute atomic E-state index is 0.230. The summed E-state index contributed by atoms with van der Waals surface area (Å²) in [5.41, 5.74) is 3.04. The molecule has 2 aromatic carbocycles. The molecule has 0 saturated carbocycles. The third-order valence-corrected chi connectivity index (χ3v) is 6.14. The maximum atomic E-state index is 13.6. The number of fused-ring (bicyclic) bond motifs is 2. The molecule has 0 fully saturated rings. The number of nitrogens with one attached hydrogen (secondary N) is 1. The van der Waals surface area contributed by atoms with Crippen LogP contribution in [0.4, 0.5) is 0 Å². The summed E-state index contributed by atoms with van der Waals surface area (Å²) in [6, 6.07) is 18.0. The standard InChI is InChI=1S/C26H21ClN4O2/c1-16-11-13-30-14-12-28-24(30)22(16)25(32)29-17(2)21-15-18-7-6-10-20(27)23(18)26(33)31(21)19-8-4-3-5-9-19/h3-15,17H,1-2H3,(H,29,32)/t17-/m0/s1. The molecule has 5 aromatic rings. The number of carbonyl (C=O) groups excluding carboxylic acids is 1. The van der Waals surface area contributed by atoms with Gasteiger partial charge >= 0.3 is 0 Å². The van der Waals surface area contributed by atoms with Gasteiger partial charge in [0, 0.05) is 30.0 Å². The molecule has 7 heteroatoms. The van der Waals surface area contributed by atoms with Gasteiger partial charge in [-0.15, -0.1) is 0 Å². The highest BCUT2D eigenvalue weighted by Crippen LogP contribution is 2.26. The molecule has 0 unspecified atom stereocenters. The van der Waals surface area contributed by atoms with Gasteiger partial charge in [-0.2, -0.15) is 0 Å². The number of aromatic nitrogens is 3. The second-order valence-electron chi connectivity index (χ2n) is 7.98. The molecule has 3 aromatic heterocycles. The van der Waals surface area contributed by atoms with Crippen molar-refractivity contribution in [1.82, 2.24) is 19.3 Å². The maximum absolute atomic E-state index is 13.6. The number of benzene rings is 2. The van der Waals surface area contributed by atoms with Crippen molar-refractivity contribution in [3.63, 3.8) is 0 Å². The van der Waals surface area contributed by atoms with E-state index in [0.717, 1.165) is 10.9 Å². The van der Waals surface area contributed by atoms with Crippen LogP contribution in [0.25, 0.3) is 22.1 Å². The van der Waals surface area contributed by atoms with Crippen LogP contribution < -0.4 is 10.9 Å². The first kappa shape index (κ1) is 21.0. The fraction of sp³-hybridized carbons (Fsp3) is 0.115. The predicted molar refractivity (Wildman–Crippen MR) is 130 cm³/mol. The monoisotopic (exact) mass is 456 g/mol. The average Bonchev–Trinajstić information content (AvgIpc) is 3.27. The minimum Gasteiger partial charge on any atom is -0.344 e. The van der Waals surface area contributed by atoms with Gasteiger partial charge in [0.05, 0.1) is 22.0 Å². The molecule has 0 radical (unpaired) electrons. The lowest BCUT2D eigenvalue weighted by Gasteiger charge is -2.21. The Bertz CT molecular complexity index is 1570. The molecule has 1 amide bonds. The average molecular weight is 457 g/mol. The largest absolute Gasteiger partial charge is 0.344 e. The van der Waals surface area contributed by atoms with Crippen LogP contribution in [0.15, 0.2) is 84.0 Å². The number of halogens is 1. The Hall–Kier alpha value is -3.90. The third kappa shape index (κ3) is 3.58. The zero-order valence-electron chi connectivity index (χ0n) is 18.1. The molecule has 1 N–H and O–H groups in total. The van der Waals surface area contributed by atoms with Gasteiger partial charge in [0.2, 0.25) is 0 Å². The highest BCUT2D eigenvalue weighted by Gasteiger charge is 2.22. The molecule has 33 heavy (non-hydrogen) atoms. The molecule has 0 saturated heterocycles. The fourth-order valence-electron chi connectivity index (χ4n) is 4.20. The van der Waals surface area contributed by atoms with E-state index in [1.54, 1.807) is 23.0 Å². The zero-order chi connectivity index (χ0) is 23.1. The number of pyridine rings is 2. The van der Waals surface area contributed by atoms with Crippen molar-refractivity contribution in [3.8, 4) is 5.69 Å². The quantitative estimate of drug-likeness (QED) is 0.409. The second kappa shape index (κ2) is 8.22. The number of amides is 1. The molecule has 6 nitrogen and oxygen atoms in total. The molecule has 0 aliphatic rings. The van der Waals surface area contributed by atoms with Gasteiger partial charge in [0.15, 0.2) is 0 Å². The maximum Gasteiger partial charge on any atom is 0.264 e. The van der Waals surface area contributed by atoms with Crippen LogP contribution in [0.2, 0.25) is 5.02 Å². The summed E-state index contributed by atoms with van der Waals surface area (Å²) >= 11 is 6.39. The second-order valence-corrected chi connectivity index (χ2v) is 8.38. The summed E-state index contributed by atoms with van der Waals surface area (Å²) in [6.45, 7) is 3.75. The van der Waals surface area contributed by atoms with E-state index in [4.69, 9.17) is 11.6 Å². The predicted octanol–water partition coefficient (Wildman–Crippen LogP) is 5.09. The molecule has 0 aliphatic carbocycles. The number of imidazole rings is 1. The zero-order valence-corrected chi connectivity index (χ0v) is 18.9. The van der Waals surface area contributed by atoms with Gasteiger partial charge in [-0.05, 0) is 55.1 Å². The SMILES string of the molecule is Cc1ccn2ccnc2c1C(=O)N[C@@H](C)c1cc2cccc(Cl)c2c(=O)n1-c1ccccc1. The van der Waals surface area contributed by atoms with Crippen LogP contribution in [-0.4, -0.2) is 19.9 Å². The number of para-hydroxylation sites is 1. The summed E-state index contributed by atoms with van der Waals surface area (Å²) in [5.74, 6) is -0.255. The van der Waals surface area contributed by atoms with Crippen molar-refractivity contribution in [1.29, 1.82) is 0 Å². The lowest BCUT2D eigenvalue weighted by Crippen LogP contribution is -2.32. The van der Waals surface area contributed by atoms with Gasteiger partial charge in [-0.25, -0.2) is 4.98 Å². The van der Waals surface area contributed by atoms with E-state index in [2.05, 4.69) is 10.3 Å². The van der Waals surface area contributed by atoms with E-state index in [9.17, 15) is 9.59 Å². The summed E-state index contributed by atoms with van der Waals surface area (Å²) < 4.78 is 3.42. The molecule has 0 spiro atoms. The molecular formula is C26H21ClN4O2. The van der Waals surface area contributed by atoms with Crippen molar-refractivity contribution in [2.75, 3.05) is 0 Å². The molecule has 5 rings (SSSR count). The number of carbonyl (C=O) groups is 1. The van der Waals surface area contributed by atoms with E-state index in [1.165, 1.54) is 0 Å². The van der Waals surface area contributed by atoms with E-state index in [-0.39, 0.29) is 11.5 Å². The first-order valence-electron chi connectivity index (χ1n) is 10.6. The third-order valence-electron chi connectivity index (χ3n) is 5.83. The van der Waals surface area contributed by atoms with Crippen molar-refractivity contribution in [2.45, 2.75) is 19.9 Å². The number of rotatable bonds is 4. The van der Waals surface area contributed by atoms with Crippen LogP contribution in [-0.2, 0) is 0 Å². The lowest BCUT2D eigenvalue weighted by molar-refractivity contribution is 0.0939. The Morgan fingerprint density at radius 3 is 2.64 bits per heavy atom. The van der Waals surface area contributed by atoms with Crippen LogP contribution >= 0.6 is 11.6 Å². The van der Waals surface area contributed by atoms with Crippen molar-refractivity contribution >= 4 is 33.9 Å². The smallest absolute Gasteiger partial charge is 0.264 e. The fourth-order valence-corrected chi connectivity index (χ4v) is 4.47. The number of aryl methyl sites for hydroxylation is 1. The highest BCUT2D eigenvalue weighted by atomic mass is 35.5. The van der Waals surface area contributed by atoms with Crippen LogP contribution in [0, 0.1) is 6.92 Å². The highest BCUT2D eigenvalue weighted by molar-refractivity contribution is 6.35. The molecule has 0 aliphatic heterocycles. The molecular weight excluding hydrogens is 436 g/mol. The molecule has 1 atom stereocenters. The van der Waals surface area contributed by atoms with E-state index >= 15 is 0 Å². The van der Waals surface area contributed by atoms with Gasteiger partial charge < -0.3 is 9.72 Å². The van der Waals surface area contributed by atoms with Crippen molar-refractivity contribution < 1.29 is 4.79 Å². The lowest BCUT2D eigenvalue weighted by atomic mass is 10.1. The first-order valence-corrected chi connectivity index (χ1v) is 11.0. The van der Waals surface area contributed by atoms with E-state index in [0.29, 0.717) is 33.0 Å². The summed E-state index contributed by atoms with van der Waals surface area (Å²) in [6.07, 6.45) is 5.34. The molecule has 3 heterocycles. The topological polar surface area (TPSA) is 68.4 Å².